The van der Waals surface area contributed by atoms with Gasteiger partial charge in [-0.2, -0.15) is 0 Å². The molecule has 10 heteroatoms. The van der Waals surface area contributed by atoms with Crippen molar-refractivity contribution in [2.75, 3.05) is 19.0 Å². The Morgan fingerprint density at radius 2 is 1.67 bits per heavy atom. The largest absolute Gasteiger partial charge is 0.481 e. The van der Waals surface area contributed by atoms with Crippen molar-refractivity contribution >= 4 is 47.4 Å². The average Bonchev–Trinajstić information content (AvgIpc) is 2.94. The Morgan fingerprint density at radius 3 is 2.17 bits per heavy atom. The first-order chi connectivity index (χ1) is 11.4. The summed E-state index contributed by atoms with van der Waals surface area (Å²) in [5.41, 5.74) is -0.817. The summed E-state index contributed by atoms with van der Waals surface area (Å²) in [5.74, 6) is -2.98. The molecule has 1 saturated heterocycles. The molecule has 1 unspecified atom stereocenters. The van der Waals surface area contributed by atoms with Crippen LogP contribution in [0.4, 0.5) is 0 Å². The Morgan fingerprint density at radius 1 is 1.08 bits per heavy atom. The van der Waals surface area contributed by atoms with Crippen molar-refractivity contribution in [1.82, 2.24) is 0 Å². The molecule has 1 heterocycles. The fraction of sp³-hybridized carbons (Fsp3) is 0.571. The van der Waals surface area contributed by atoms with Crippen LogP contribution >= 0.6 is 23.5 Å². The molecule has 0 aromatic rings. The third-order valence-electron chi connectivity index (χ3n) is 2.56. The highest BCUT2D eigenvalue weighted by molar-refractivity contribution is 8.25. The normalized spacial score (nSPS) is 16.4. The highest BCUT2D eigenvalue weighted by Crippen LogP contribution is 2.44. The van der Waals surface area contributed by atoms with Gasteiger partial charge in [-0.1, -0.05) is 11.8 Å². The summed E-state index contributed by atoms with van der Waals surface area (Å²) < 4.78 is 15.2. The lowest BCUT2D eigenvalue weighted by Crippen LogP contribution is -2.19. The zero-order chi connectivity index (χ0) is 18.1. The first kappa shape index (κ1) is 20.4. The average molecular weight is 378 g/mol. The van der Waals surface area contributed by atoms with Gasteiger partial charge in [0, 0.05) is 5.75 Å². The molecule has 1 aliphatic heterocycles. The number of rotatable bonds is 8. The predicted molar refractivity (Wildman–Crippen MR) is 87.1 cm³/mol. The van der Waals surface area contributed by atoms with Crippen LogP contribution in [-0.4, -0.2) is 53.4 Å². The van der Waals surface area contributed by atoms with Crippen molar-refractivity contribution in [2.45, 2.75) is 32.1 Å². The maximum atomic E-state index is 12.0. The third-order valence-corrected chi connectivity index (χ3v) is 5.29. The quantitative estimate of drug-likeness (QED) is 0.219. The lowest BCUT2D eigenvalue weighted by molar-refractivity contribution is -0.148. The number of esters is 3. The standard InChI is InChI=1S/C14H18O8S2/c1-3-20-12(18)11(13(19)21-4-2)14-23-7-10(24-14)22-9(17)6-5-8(15)16/h10H,3-7H2,1-2H3,(H,15,16). The van der Waals surface area contributed by atoms with Gasteiger partial charge in [-0.3, -0.25) is 9.59 Å². The van der Waals surface area contributed by atoms with Crippen molar-refractivity contribution in [3.05, 3.63) is 9.81 Å². The van der Waals surface area contributed by atoms with Gasteiger partial charge in [-0.05, 0) is 13.8 Å². The van der Waals surface area contributed by atoms with Crippen LogP contribution in [0.3, 0.4) is 0 Å². The van der Waals surface area contributed by atoms with E-state index >= 15 is 0 Å². The van der Waals surface area contributed by atoms with Crippen LogP contribution in [0.15, 0.2) is 9.81 Å². The number of carbonyl (C=O) groups excluding carboxylic acids is 3. The summed E-state index contributed by atoms with van der Waals surface area (Å²) in [4.78, 5) is 45.9. The zero-order valence-electron chi connectivity index (χ0n) is 13.2. The molecule has 8 nitrogen and oxygen atoms in total. The summed E-state index contributed by atoms with van der Waals surface area (Å²) in [7, 11) is 0. The number of ether oxygens (including phenoxy) is 3. The van der Waals surface area contributed by atoms with Gasteiger partial charge < -0.3 is 19.3 Å². The second-order valence-corrected chi connectivity index (χ2v) is 6.80. The van der Waals surface area contributed by atoms with Crippen LogP contribution in [-0.2, 0) is 33.4 Å². The van der Waals surface area contributed by atoms with Gasteiger partial charge in [0.2, 0.25) is 0 Å². The van der Waals surface area contributed by atoms with Crippen molar-refractivity contribution in [2.24, 2.45) is 0 Å². The number of carbonyl (C=O) groups is 4. The van der Waals surface area contributed by atoms with Crippen LogP contribution in [0.25, 0.3) is 0 Å². The fourth-order valence-electron chi connectivity index (χ4n) is 1.59. The Balaban J connectivity index is 2.77. The molecular formula is C14H18O8S2. The highest BCUT2D eigenvalue weighted by atomic mass is 32.2. The lowest BCUT2D eigenvalue weighted by Gasteiger charge is -2.10. The SMILES string of the molecule is CCOC(=O)C(C(=O)OCC)=C1SCC(OC(=O)CCC(=O)O)S1. The molecule has 1 fully saturated rings. The first-order valence-corrected chi connectivity index (χ1v) is 9.04. The van der Waals surface area contributed by atoms with E-state index in [2.05, 4.69) is 0 Å². The molecule has 0 saturated carbocycles. The highest BCUT2D eigenvalue weighted by Gasteiger charge is 2.34. The minimum absolute atomic E-state index is 0.109. The van der Waals surface area contributed by atoms with E-state index in [1.54, 1.807) is 13.8 Å². The second-order valence-electron chi connectivity index (χ2n) is 4.35. The molecular weight excluding hydrogens is 360 g/mol. The number of carboxylic acids is 1. The summed E-state index contributed by atoms with van der Waals surface area (Å²) in [6.45, 7) is 3.45. The molecule has 0 bridgehead atoms. The maximum Gasteiger partial charge on any atom is 0.347 e. The number of hydrogen-bond donors (Lipinski definition) is 1. The Hall–Kier alpha value is -1.68. The van der Waals surface area contributed by atoms with Crippen molar-refractivity contribution in [3.63, 3.8) is 0 Å². The molecule has 0 amide bonds. The van der Waals surface area contributed by atoms with Crippen LogP contribution in [0, 0.1) is 0 Å². The van der Waals surface area contributed by atoms with Gasteiger partial charge in [-0.25, -0.2) is 9.59 Å². The van der Waals surface area contributed by atoms with Crippen LogP contribution < -0.4 is 0 Å². The molecule has 0 aliphatic carbocycles. The fourth-order valence-corrected chi connectivity index (χ4v) is 4.21. The van der Waals surface area contributed by atoms with Crippen LogP contribution in [0.2, 0.25) is 0 Å². The van der Waals surface area contributed by atoms with Crippen molar-refractivity contribution < 1.29 is 38.5 Å². The van der Waals surface area contributed by atoms with Crippen LogP contribution in [0.1, 0.15) is 26.7 Å². The smallest absolute Gasteiger partial charge is 0.347 e. The predicted octanol–water partition coefficient (Wildman–Crippen LogP) is 1.54. The number of carboxylic acid groups (broad SMARTS) is 1. The molecule has 0 aromatic heterocycles. The molecule has 0 aromatic carbocycles. The molecule has 1 aliphatic rings. The van der Waals surface area contributed by atoms with E-state index in [9.17, 15) is 19.2 Å². The molecule has 1 rings (SSSR count). The molecule has 0 spiro atoms. The number of hydrogen-bond acceptors (Lipinski definition) is 9. The summed E-state index contributed by atoms with van der Waals surface area (Å²) in [6.07, 6.45) is -0.554. The van der Waals surface area contributed by atoms with Gasteiger partial charge in [0.1, 0.15) is 0 Å². The Bertz CT molecular complexity index is 523. The topological polar surface area (TPSA) is 116 Å². The minimum atomic E-state index is -1.09. The Labute approximate surface area is 147 Å². The number of thioether (sulfide) groups is 2. The molecule has 1 N–H and O–H groups in total. The van der Waals surface area contributed by atoms with Gasteiger partial charge in [0.05, 0.1) is 30.3 Å². The van der Waals surface area contributed by atoms with Crippen molar-refractivity contribution in [3.8, 4) is 0 Å². The van der Waals surface area contributed by atoms with Gasteiger partial charge in [-0.15, -0.1) is 11.8 Å². The lowest BCUT2D eigenvalue weighted by atomic mass is 10.3. The van der Waals surface area contributed by atoms with E-state index in [1.807, 2.05) is 0 Å². The Kier molecular flexibility index (Phi) is 8.69. The van der Waals surface area contributed by atoms with E-state index in [-0.39, 0.29) is 31.6 Å². The molecule has 24 heavy (non-hydrogen) atoms. The van der Waals surface area contributed by atoms with E-state index in [4.69, 9.17) is 19.3 Å². The summed E-state index contributed by atoms with van der Waals surface area (Å²) >= 11 is 2.22. The van der Waals surface area contributed by atoms with Crippen molar-refractivity contribution in [1.29, 1.82) is 0 Å². The van der Waals surface area contributed by atoms with Crippen LogP contribution in [0.5, 0.6) is 0 Å². The third kappa shape index (κ3) is 6.44. The van der Waals surface area contributed by atoms with Gasteiger partial charge in [0.25, 0.3) is 0 Å². The monoisotopic (exact) mass is 378 g/mol. The number of aliphatic carboxylic acids is 1. The zero-order valence-corrected chi connectivity index (χ0v) is 14.9. The minimum Gasteiger partial charge on any atom is -0.481 e. The summed E-state index contributed by atoms with van der Waals surface area (Å²) in [5, 5.41) is 8.53. The van der Waals surface area contributed by atoms with Gasteiger partial charge in [0.15, 0.2) is 11.0 Å². The maximum absolute atomic E-state index is 12.0. The van der Waals surface area contributed by atoms with E-state index in [0.29, 0.717) is 9.99 Å². The first-order valence-electron chi connectivity index (χ1n) is 7.18. The summed E-state index contributed by atoms with van der Waals surface area (Å²) in [6, 6.07) is 0. The van der Waals surface area contributed by atoms with E-state index in [1.165, 1.54) is 11.8 Å². The van der Waals surface area contributed by atoms with E-state index in [0.717, 1.165) is 11.8 Å². The van der Waals surface area contributed by atoms with E-state index < -0.39 is 29.3 Å². The van der Waals surface area contributed by atoms with Gasteiger partial charge >= 0.3 is 23.9 Å². The molecule has 134 valence electrons. The molecule has 0 radical (unpaired) electrons. The molecule has 1 atom stereocenters. The second kappa shape index (κ2) is 10.2.